The lowest BCUT2D eigenvalue weighted by atomic mass is 10.1. The molecule has 0 spiro atoms. The third-order valence-electron chi connectivity index (χ3n) is 5.41. The number of carbonyl (C=O) groups is 1. The fourth-order valence-corrected chi connectivity index (χ4v) is 3.72. The van der Waals surface area contributed by atoms with Crippen LogP contribution in [0.2, 0.25) is 0 Å². The average Bonchev–Trinajstić information content (AvgIpc) is 3.40. The Labute approximate surface area is 187 Å². The molecule has 7 nitrogen and oxygen atoms in total. The molecule has 1 aliphatic heterocycles. The smallest absolute Gasteiger partial charge is 0.237 e. The van der Waals surface area contributed by atoms with Crippen LogP contribution in [0.15, 0.2) is 52.9 Å². The van der Waals surface area contributed by atoms with Gasteiger partial charge in [0.2, 0.25) is 11.8 Å². The van der Waals surface area contributed by atoms with Gasteiger partial charge in [0.15, 0.2) is 11.5 Å². The van der Waals surface area contributed by atoms with Crippen molar-refractivity contribution in [2.24, 2.45) is 0 Å². The van der Waals surface area contributed by atoms with Gasteiger partial charge < -0.3 is 19.6 Å². The van der Waals surface area contributed by atoms with E-state index < -0.39 is 0 Å². The fraction of sp³-hybridized carbons (Fsp3) is 0.304. The maximum absolute atomic E-state index is 12.6. The zero-order valence-corrected chi connectivity index (χ0v) is 18.2. The van der Waals surface area contributed by atoms with Crippen LogP contribution in [0, 0.1) is 6.92 Å². The number of ether oxygens (including phenoxy) is 1. The van der Waals surface area contributed by atoms with Crippen LogP contribution in [-0.4, -0.2) is 29.1 Å². The molecular formula is C23H26ClN3O4. The summed E-state index contributed by atoms with van der Waals surface area (Å²) in [6, 6.07) is 15.1. The Morgan fingerprint density at radius 2 is 2.03 bits per heavy atom. The predicted molar refractivity (Wildman–Crippen MR) is 119 cm³/mol. The normalized spacial score (nSPS) is 17.7. The lowest BCUT2D eigenvalue weighted by Crippen LogP contribution is -2.40. The number of nitrogens with one attached hydrogen (secondary N) is 2. The number of rotatable bonds is 6. The van der Waals surface area contributed by atoms with Gasteiger partial charge in [-0.1, -0.05) is 30.3 Å². The molecule has 1 amide bonds. The SMILES string of the molecule is COc1cc(-c2nc(CNC(=O)[C@H]3CC[C@H](c4ccccc4)N3)c(C)o2)ccc1O.Cl. The lowest BCUT2D eigenvalue weighted by Gasteiger charge is -2.14. The van der Waals surface area contributed by atoms with E-state index >= 15 is 0 Å². The number of phenols is 1. The van der Waals surface area contributed by atoms with Crippen LogP contribution in [0.3, 0.4) is 0 Å². The van der Waals surface area contributed by atoms with Gasteiger partial charge in [0.1, 0.15) is 11.5 Å². The van der Waals surface area contributed by atoms with Crippen LogP contribution in [0.4, 0.5) is 0 Å². The summed E-state index contributed by atoms with van der Waals surface area (Å²) in [7, 11) is 1.49. The molecule has 2 aromatic carbocycles. The lowest BCUT2D eigenvalue weighted by molar-refractivity contribution is -0.123. The van der Waals surface area contributed by atoms with Gasteiger partial charge in [0.25, 0.3) is 0 Å². The number of amides is 1. The van der Waals surface area contributed by atoms with Crippen LogP contribution < -0.4 is 15.4 Å². The van der Waals surface area contributed by atoms with Crippen molar-refractivity contribution in [3.8, 4) is 23.0 Å². The first-order chi connectivity index (χ1) is 14.5. The van der Waals surface area contributed by atoms with E-state index in [1.54, 1.807) is 12.1 Å². The zero-order valence-electron chi connectivity index (χ0n) is 17.4. The van der Waals surface area contributed by atoms with Crippen LogP contribution >= 0.6 is 12.4 Å². The number of halogens is 1. The third-order valence-corrected chi connectivity index (χ3v) is 5.41. The van der Waals surface area contributed by atoms with Crippen LogP contribution in [0.25, 0.3) is 11.5 Å². The van der Waals surface area contributed by atoms with Gasteiger partial charge >= 0.3 is 0 Å². The first-order valence-corrected chi connectivity index (χ1v) is 9.97. The number of benzene rings is 2. The summed E-state index contributed by atoms with van der Waals surface area (Å²) in [5, 5.41) is 16.1. The Bertz CT molecular complexity index is 1040. The first-order valence-electron chi connectivity index (χ1n) is 9.97. The van der Waals surface area contributed by atoms with Crippen LogP contribution in [-0.2, 0) is 11.3 Å². The van der Waals surface area contributed by atoms with E-state index in [9.17, 15) is 9.90 Å². The number of hydrogen-bond acceptors (Lipinski definition) is 6. The molecule has 31 heavy (non-hydrogen) atoms. The van der Waals surface area contributed by atoms with Crippen molar-refractivity contribution < 1.29 is 19.1 Å². The minimum absolute atomic E-state index is 0. The van der Waals surface area contributed by atoms with Gasteiger partial charge in [0.05, 0.1) is 19.7 Å². The van der Waals surface area contributed by atoms with E-state index in [4.69, 9.17) is 9.15 Å². The Morgan fingerprint density at radius 3 is 2.77 bits per heavy atom. The van der Waals surface area contributed by atoms with Crippen molar-refractivity contribution in [2.75, 3.05) is 7.11 Å². The number of carbonyl (C=O) groups excluding carboxylic acids is 1. The quantitative estimate of drug-likeness (QED) is 0.534. The van der Waals surface area contributed by atoms with Gasteiger partial charge in [-0.3, -0.25) is 10.1 Å². The van der Waals surface area contributed by atoms with Gasteiger partial charge in [-0.15, -0.1) is 12.4 Å². The molecule has 8 heteroatoms. The standard InChI is InChI=1S/C23H25N3O4.ClH/c1-14-19(26-23(30-14)16-8-11-20(27)21(12-16)29-2)13-24-22(28)18-10-9-17(25-18)15-6-4-3-5-7-15;/h3-8,11-12,17-18,25,27H,9-10,13H2,1-2H3,(H,24,28);1H/t17-,18-;/m1./s1. The largest absolute Gasteiger partial charge is 0.504 e. The number of methoxy groups -OCH3 is 1. The Hall–Kier alpha value is -3.03. The number of hydrogen-bond donors (Lipinski definition) is 3. The molecule has 0 radical (unpaired) electrons. The summed E-state index contributed by atoms with van der Waals surface area (Å²) in [4.78, 5) is 17.1. The van der Waals surface area contributed by atoms with Crippen molar-refractivity contribution in [2.45, 2.75) is 38.4 Å². The molecule has 1 aliphatic rings. The number of phenolic OH excluding ortho intramolecular Hbond substituents is 1. The number of aromatic nitrogens is 1. The van der Waals surface area contributed by atoms with Gasteiger partial charge in [0, 0.05) is 11.6 Å². The monoisotopic (exact) mass is 443 g/mol. The molecule has 0 unspecified atom stereocenters. The molecule has 2 heterocycles. The fourth-order valence-electron chi connectivity index (χ4n) is 3.72. The molecule has 3 aromatic rings. The van der Waals surface area contributed by atoms with E-state index in [0.29, 0.717) is 28.7 Å². The molecule has 4 rings (SSSR count). The Balaban J connectivity index is 0.00000272. The molecule has 1 saturated heterocycles. The van der Waals surface area contributed by atoms with Crippen LogP contribution in [0.5, 0.6) is 11.5 Å². The molecular weight excluding hydrogens is 418 g/mol. The second-order valence-corrected chi connectivity index (χ2v) is 7.39. The zero-order chi connectivity index (χ0) is 21.1. The summed E-state index contributed by atoms with van der Waals surface area (Å²) in [5.74, 6) is 1.41. The van der Waals surface area contributed by atoms with E-state index in [-0.39, 0.29) is 42.7 Å². The Kier molecular flexibility index (Phi) is 7.20. The number of aryl methyl sites for hydroxylation is 1. The molecule has 1 fully saturated rings. The summed E-state index contributed by atoms with van der Waals surface area (Å²) in [6.07, 6.45) is 1.72. The third kappa shape index (κ3) is 5.00. The second kappa shape index (κ2) is 9.85. The Morgan fingerprint density at radius 1 is 1.26 bits per heavy atom. The van der Waals surface area contributed by atoms with Crippen molar-refractivity contribution >= 4 is 18.3 Å². The number of nitrogens with zero attached hydrogens (tertiary/aromatic N) is 1. The van der Waals surface area contributed by atoms with Gasteiger partial charge in [-0.25, -0.2) is 4.98 Å². The van der Waals surface area contributed by atoms with E-state index in [1.807, 2.05) is 25.1 Å². The molecule has 164 valence electrons. The van der Waals surface area contributed by atoms with Crippen molar-refractivity contribution in [1.82, 2.24) is 15.6 Å². The second-order valence-electron chi connectivity index (χ2n) is 7.39. The van der Waals surface area contributed by atoms with E-state index in [0.717, 1.165) is 12.8 Å². The van der Waals surface area contributed by atoms with E-state index in [1.165, 1.54) is 18.7 Å². The van der Waals surface area contributed by atoms with Crippen molar-refractivity contribution in [3.63, 3.8) is 0 Å². The van der Waals surface area contributed by atoms with Crippen molar-refractivity contribution in [1.29, 1.82) is 0 Å². The summed E-state index contributed by atoms with van der Waals surface area (Å²) < 4.78 is 10.9. The molecule has 3 N–H and O–H groups in total. The highest BCUT2D eigenvalue weighted by Gasteiger charge is 2.29. The molecule has 0 saturated carbocycles. The maximum atomic E-state index is 12.6. The molecule has 0 aliphatic carbocycles. The number of oxazole rings is 1. The van der Waals surface area contributed by atoms with Crippen LogP contribution in [0.1, 0.15) is 35.9 Å². The van der Waals surface area contributed by atoms with E-state index in [2.05, 4.69) is 27.8 Å². The highest BCUT2D eigenvalue weighted by Crippen LogP contribution is 2.32. The average molecular weight is 444 g/mol. The highest BCUT2D eigenvalue weighted by molar-refractivity contribution is 5.85. The van der Waals surface area contributed by atoms with Gasteiger partial charge in [-0.2, -0.15) is 0 Å². The maximum Gasteiger partial charge on any atom is 0.237 e. The van der Waals surface area contributed by atoms with Gasteiger partial charge in [-0.05, 0) is 43.5 Å². The minimum atomic E-state index is -0.219. The molecule has 1 aromatic heterocycles. The summed E-state index contributed by atoms with van der Waals surface area (Å²) >= 11 is 0. The highest BCUT2D eigenvalue weighted by atomic mass is 35.5. The molecule has 2 atom stereocenters. The summed E-state index contributed by atoms with van der Waals surface area (Å²) in [6.45, 7) is 2.10. The molecule has 0 bridgehead atoms. The number of aromatic hydroxyl groups is 1. The first kappa shape index (κ1) is 22.7. The topological polar surface area (TPSA) is 96.6 Å². The predicted octanol–water partition coefficient (Wildman–Crippen LogP) is 3.90. The minimum Gasteiger partial charge on any atom is -0.504 e. The van der Waals surface area contributed by atoms with Crippen molar-refractivity contribution in [3.05, 3.63) is 65.5 Å². The summed E-state index contributed by atoms with van der Waals surface area (Å²) in [5.41, 5.74) is 2.56.